The van der Waals surface area contributed by atoms with Crippen molar-refractivity contribution in [2.24, 2.45) is 10.9 Å². The van der Waals surface area contributed by atoms with Crippen LogP contribution in [0.5, 0.6) is 0 Å². The Balaban J connectivity index is 0.00000361. The van der Waals surface area contributed by atoms with Gasteiger partial charge in [0.2, 0.25) is 0 Å². The Bertz CT molecular complexity index is 248. The molecule has 1 saturated heterocycles. The molecule has 5 heteroatoms. The van der Waals surface area contributed by atoms with Crippen LogP contribution in [-0.4, -0.2) is 50.6 Å². The molecule has 0 radical (unpaired) electrons. The maximum Gasteiger partial charge on any atom is 0.191 e. The van der Waals surface area contributed by atoms with Gasteiger partial charge >= 0.3 is 0 Å². The number of aliphatic imine (C=N–C) groups is 1. The molecule has 1 fully saturated rings. The number of hydrogen-bond acceptors (Lipinski definition) is 2. The molecule has 0 atom stereocenters. The van der Waals surface area contributed by atoms with Crippen molar-refractivity contribution in [3.05, 3.63) is 0 Å². The van der Waals surface area contributed by atoms with Crippen molar-refractivity contribution in [3.63, 3.8) is 0 Å². The average molecular weight is 396 g/mol. The molecule has 0 aliphatic carbocycles. The van der Waals surface area contributed by atoms with E-state index in [0.29, 0.717) is 0 Å². The van der Waals surface area contributed by atoms with Gasteiger partial charge in [-0.3, -0.25) is 4.99 Å². The first-order valence-corrected chi connectivity index (χ1v) is 7.89. The highest BCUT2D eigenvalue weighted by Gasteiger charge is 2.08. The minimum Gasteiger partial charge on any atom is -0.356 e. The first-order chi connectivity index (χ1) is 9.22. The highest BCUT2D eigenvalue weighted by molar-refractivity contribution is 14.0. The van der Waals surface area contributed by atoms with Gasteiger partial charge in [0, 0.05) is 26.7 Å². The third-order valence-electron chi connectivity index (χ3n) is 3.66. The molecule has 1 aliphatic heterocycles. The van der Waals surface area contributed by atoms with Crippen molar-refractivity contribution < 1.29 is 0 Å². The van der Waals surface area contributed by atoms with Crippen molar-refractivity contribution in [3.8, 4) is 0 Å². The average Bonchev–Trinajstić information content (AvgIpc) is 2.65. The second-order valence-electron chi connectivity index (χ2n) is 5.86. The maximum atomic E-state index is 4.26. The second-order valence-corrected chi connectivity index (χ2v) is 5.86. The van der Waals surface area contributed by atoms with Gasteiger partial charge in [-0.05, 0) is 38.3 Å². The van der Waals surface area contributed by atoms with E-state index >= 15 is 0 Å². The number of halogens is 1. The SMILES string of the molecule is CN=C(NCCC(C)C)NCCN1CCCCCC1.I. The number of nitrogens with zero attached hydrogens (tertiary/aromatic N) is 2. The van der Waals surface area contributed by atoms with Crippen LogP contribution in [0.3, 0.4) is 0 Å². The number of likely N-dealkylation sites (tertiary alicyclic amines) is 1. The fraction of sp³-hybridized carbons (Fsp3) is 0.933. The van der Waals surface area contributed by atoms with Crippen LogP contribution in [0.25, 0.3) is 0 Å². The molecule has 4 nitrogen and oxygen atoms in total. The van der Waals surface area contributed by atoms with Crippen LogP contribution in [0.1, 0.15) is 46.0 Å². The molecule has 0 aromatic rings. The third-order valence-corrected chi connectivity index (χ3v) is 3.66. The molecule has 0 bridgehead atoms. The topological polar surface area (TPSA) is 39.7 Å². The molecule has 2 N–H and O–H groups in total. The van der Waals surface area contributed by atoms with E-state index in [9.17, 15) is 0 Å². The minimum atomic E-state index is 0. The van der Waals surface area contributed by atoms with Crippen LogP contribution in [0.15, 0.2) is 4.99 Å². The molecule has 1 heterocycles. The summed E-state index contributed by atoms with van der Waals surface area (Å²) in [6.07, 6.45) is 6.72. The Labute approximate surface area is 142 Å². The summed E-state index contributed by atoms with van der Waals surface area (Å²) >= 11 is 0. The molecule has 0 spiro atoms. The number of hydrogen-bond donors (Lipinski definition) is 2. The molecule has 20 heavy (non-hydrogen) atoms. The van der Waals surface area contributed by atoms with Crippen molar-refractivity contribution >= 4 is 29.9 Å². The van der Waals surface area contributed by atoms with Gasteiger partial charge in [0.15, 0.2) is 5.96 Å². The summed E-state index contributed by atoms with van der Waals surface area (Å²) in [5, 5.41) is 6.78. The molecule has 0 saturated carbocycles. The second kappa shape index (κ2) is 12.7. The van der Waals surface area contributed by atoms with Gasteiger partial charge in [0.05, 0.1) is 0 Å². The summed E-state index contributed by atoms with van der Waals surface area (Å²) in [7, 11) is 1.84. The first kappa shape index (κ1) is 20.0. The highest BCUT2D eigenvalue weighted by atomic mass is 127. The van der Waals surface area contributed by atoms with E-state index in [-0.39, 0.29) is 24.0 Å². The van der Waals surface area contributed by atoms with E-state index in [1.165, 1.54) is 45.2 Å². The van der Waals surface area contributed by atoms with E-state index in [0.717, 1.165) is 31.5 Å². The monoisotopic (exact) mass is 396 g/mol. The van der Waals surface area contributed by atoms with E-state index in [2.05, 4.69) is 34.4 Å². The predicted molar refractivity (Wildman–Crippen MR) is 99.1 cm³/mol. The Morgan fingerprint density at radius 1 is 1.05 bits per heavy atom. The quantitative estimate of drug-likeness (QED) is 0.412. The van der Waals surface area contributed by atoms with Gasteiger partial charge in [0.1, 0.15) is 0 Å². The first-order valence-electron chi connectivity index (χ1n) is 7.89. The summed E-state index contributed by atoms with van der Waals surface area (Å²) in [4.78, 5) is 6.83. The highest BCUT2D eigenvalue weighted by Crippen LogP contribution is 2.08. The fourth-order valence-corrected chi connectivity index (χ4v) is 2.39. The van der Waals surface area contributed by atoms with Crippen molar-refractivity contribution in [1.29, 1.82) is 0 Å². The van der Waals surface area contributed by atoms with Gasteiger partial charge in [-0.25, -0.2) is 0 Å². The molecule has 1 rings (SSSR count). The Morgan fingerprint density at radius 3 is 2.20 bits per heavy atom. The van der Waals surface area contributed by atoms with Gasteiger partial charge in [-0.1, -0.05) is 26.7 Å². The summed E-state index contributed by atoms with van der Waals surface area (Å²) in [5.74, 6) is 1.68. The van der Waals surface area contributed by atoms with Crippen molar-refractivity contribution in [2.75, 3.05) is 39.8 Å². The molecule has 1 aliphatic rings. The lowest BCUT2D eigenvalue weighted by atomic mass is 10.1. The standard InChI is InChI=1S/C15H32N4.HI/c1-14(2)8-9-17-15(16-3)18-10-13-19-11-6-4-5-7-12-19;/h14H,4-13H2,1-3H3,(H2,16,17,18);1H. The third kappa shape index (κ3) is 9.80. The lowest BCUT2D eigenvalue weighted by molar-refractivity contribution is 0.289. The van der Waals surface area contributed by atoms with Gasteiger partial charge < -0.3 is 15.5 Å². The molecular formula is C15H33IN4. The molecule has 120 valence electrons. The van der Waals surface area contributed by atoms with Gasteiger partial charge in [-0.2, -0.15) is 0 Å². The largest absolute Gasteiger partial charge is 0.356 e. The Morgan fingerprint density at radius 2 is 1.65 bits per heavy atom. The zero-order chi connectivity index (χ0) is 13.9. The minimum absolute atomic E-state index is 0. The van der Waals surface area contributed by atoms with E-state index in [1.807, 2.05) is 7.05 Å². The smallest absolute Gasteiger partial charge is 0.191 e. The Hall–Kier alpha value is -0.0400. The number of nitrogens with one attached hydrogen (secondary N) is 2. The van der Waals surface area contributed by atoms with Crippen LogP contribution in [0.4, 0.5) is 0 Å². The van der Waals surface area contributed by atoms with Crippen molar-refractivity contribution in [2.45, 2.75) is 46.0 Å². The van der Waals surface area contributed by atoms with E-state index < -0.39 is 0 Å². The van der Waals surface area contributed by atoms with Gasteiger partial charge in [0.25, 0.3) is 0 Å². The Kier molecular flexibility index (Phi) is 12.7. The van der Waals surface area contributed by atoms with E-state index in [4.69, 9.17) is 0 Å². The van der Waals surface area contributed by atoms with Crippen LogP contribution in [-0.2, 0) is 0 Å². The molecule has 0 unspecified atom stereocenters. The summed E-state index contributed by atoms with van der Waals surface area (Å²) in [6, 6.07) is 0. The number of guanidine groups is 1. The van der Waals surface area contributed by atoms with Crippen molar-refractivity contribution in [1.82, 2.24) is 15.5 Å². The van der Waals surface area contributed by atoms with Crippen LogP contribution in [0.2, 0.25) is 0 Å². The summed E-state index contributed by atoms with van der Waals surface area (Å²) in [6.45, 7) is 10.1. The van der Waals surface area contributed by atoms with Crippen LogP contribution >= 0.6 is 24.0 Å². The summed E-state index contributed by atoms with van der Waals surface area (Å²) in [5.41, 5.74) is 0. The maximum absolute atomic E-state index is 4.26. The van der Waals surface area contributed by atoms with Gasteiger partial charge in [-0.15, -0.1) is 24.0 Å². The zero-order valence-corrected chi connectivity index (χ0v) is 15.8. The zero-order valence-electron chi connectivity index (χ0n) is 13.5. The summed E-state index contributed by atoms with van der Waals surface area (Å²) < 4.78 is 0. The molecule has 0 aromatic carbocycles. The lowest BCUT2D eigenvalue weighted by Crippen LogP contribution is -2.42. The normalized spacial score (nSPS) is 17.5. The fourth-order valence-electron chi connectivity index (χ4n) is 2.39. The number of rotatable bonds is 6. The molecule has 0 aromatic heterocycles. The van der Waals surface area contributed by atoms with E-state index in [1.54, 1.807) is 0 Å². The lowest BCUT2D eigenvalue weighted by Gasteiger charge is -2.20. The predicted octanol–water partition coefficient (Wildman–Crippen LogP) is 2.69. The van der Waals surface area contributed by atoms with Crippen LogP contribution < -0.4 is 10.6 Å². The molecular weight excluding hydrogens is 363 g/mol. The molecule has 0 amide bonds. The van der Waals surface area contributed by atoms with Crippen LogP contribution in [0, 0.1) is 5.92 Å².